The van der Waals surface area contributed by atoms with Crippen LogP contribution in [0, 0.1) is 5.92 Å². The van der Waals surface area contributed by atoms with E-state index in [9.17, 15) is 9.59 Å². The first-order valence-electron chi connectivity index (χ1n) is 5.17. The maximum Gasteiger partial charge on any atom is 0.335 e. The van der Waals surface area contributed by atoms with E-state index in [1.807, 2.05) is 0 Å². The first-order valence-corrected chi connectivity index (χ1v) is 5.17. The van der Waals surface area contributed by atoms with Crippen LogP contribution in [0.5, 0.6) is 0 Å². The lowest BCUT2D eigenvalue weighted by Crippen LogP contribution is -2.28. The SMILES string of the molecule is O=C(O)c1ccnc(NC(=O)C2CCC2)c1. The minimum atomic E-state index is -1.03. The van der Waals surface area contributed by atoms with Crippen LogP contribution in [0.2, 0.25) is 0 Å². The molecule has 5 heteroatoms. The Morgan fingerprint density at radius 2 is 2.19 bits per heavy atom. The zero-order valence-corrected chi connectivity index (χ0v) is 8.64. The van der Waals surface area contributed by atoms with Crippen molar-refractivity contribution in [2.24, 2.45) is 5.92 Å². The average Bonchev–Trinajstić information content (AvgIpc) is 2.15. The van der Waals surface area contributed by atoms with Gasteiger partial charge >= 0.3 is 5.97 Å². The summed E-state index contributed by atoms with van der Waals surface area (Å²) in [5.74, 6) is -0.727. The predicted molar refractivity (Wildman–Crippen MR) is 57.2 cm³/mol. The summed E-state index contributed by atoms with van der Waals surface area (Å²) in [7, 11) is 0. The number of aromatic nitrogens is 1. The molecule has 1 heterocycles. The van der Waals surface area contributed by atoms with Gasteiger partial charge in [-0.2, -0.15) is 0 Å². The van der Waals surface area contributed by atoms with Gasteiger partial charge in [0.05, 0.1) is 5.56 Å². The molecule has 1 amide bonds. The Balaban J connectivity index is 2.05. The molecule has 84 valence electrons. The van der Waals surface area contributed by atoms with E-state index in [4.69, 9.17) is 5.11 Å². The number of hydrogen-bond donors (Lipinski definition) is 2. The Morgan fingerprint density at radius 1 is 1.44 bits per heavy atom. The molecule has 1 aliphatic rings. The van der Waals surface area contributed by atoms with Crippen LogP contribution in [0.4, 0.5) is 5.82 Å². The molecule has 0 bridgehead atoms. The highest BCUT2D eigenvalue weighted by Crippen LogP contribution is 2.27. The normalized spacial score (nSPS) is 15.2. The molecule has 0 aliphatic heterocycles. The molecule has 1 saturated carbocycles. The summed E-state index contributed by atoms with van der Waals surface area (Å²) in [5.41, 5.74) is 0.124. The summed E-state index contributed by atoms with van der Waals surface area (Å²) in [6.45, 7) is 0. The summed E-state index contributed by atoms with van der Waals surface area (Å²) < 4.78 is 0. The van der Waals surface area contributed by atoms with Crippen LogP contribution in [0.3, 0.4) is 0 Å². The Bertz CT molecular complexity index is 427. The fourth-order valence-corrected chi connectivity index (χ4v) is 1.53. The van der Waals surface area contributed by atoms with Gasteiger partial charge in [-0.3, -0.25) is 4.79 Å². The number of nitrogens with zero attached hydrogens (tertiary/aromatic N) is 1. The van der Waals surface area contributed by atoms with Gasteiger partial charge in [0, 0.05) is 12.1 Å². The monoisotopic (exact) mass is 220 g/mol. The molecule has 5 nitrogen and oxygen atoms in total. The van der Waals surface area contributed by atoms with Crippen LogP contribution in [0.1, 0.15) is 29.6 Å². The Hall–Kier alpha value is -1.91. The number of carbonyl (C=O) groups excluding carboxylic acids is 1. The van der Waals surface area contributed by atoms with Gasteiger partial charge in [0.1, 0.15) is 5.82 Å². The molecule has 0 spiro atoms. The fourth-order valence-electron chi connectivity index (χ4n) is 1.53. The fraction of sp³-hybridized carbons (Fsp3) is 0.364. The van der Waals surface area contributed by atoms with Crippen LogP contribution in [-0.2, 0) is 4.79 Å². The molecule has 2 N–H and O–H groups in total. The molecule has 1 aliphatic carbocycles. The van der Waals surface area contributed by atoms with Gasteiger partial charge in [-0.05, 0) is 25.0 Å². The van der Waals surface area contributed by atoms with Crippen molar-refractivity contribution in [2.45, 2.75) is 19.3 Å². The lowest BCUT2D eigenvalue weighted by Gasteiger charge is -2.23. The van der Waals surface area contributed by atoms with Crippen LogP contribution in [0.25, 0.3) is 0 Å². The predicted octanol–water partition coefficient (Wildman–Crippen LogP) is 1.52. The summed E-state index contributed by atoms with van der Waals surface area (Å²) in [4.78, 5) is 26.2. The highest BCUT2D eigenvalue weighted by Gasteiger charge is 2.25. The van der Waals surface area contributed by atoms with Crippen LogP contribution in [0.15, 0.2) is 18.3 Å². The number of rotatable bonds is 3. The zero-order valence-electron chi connectivity index (χ0n) is 8.64. The number of carbonyl (C=O) groups is 2. The maximum absolute atomic E-state index is 11.6. The Kier molecular flexibility index (Phi) is 2.85. The van der Waals surface area contributed by atoms with Crippen molar-refractivity contribution in [1.29, 1.82) is 0 Å². The molecular formula is C11H12N2O3. The summed E-state index contributed by atoms with van der Waals surface area (Å²) in [6.07, 6.45) is 4.27. The van der Waals surface area contributed by atoms with E-state index in [1.165, 1.54) is 18.3 Å². The molecule has 1 aromatic rings. The molecule has 16 heavy (non-hydrogen) atoms. The van der Waals surface area contributed by atoms with Crippen molar-refractivity contribution >= 4 is 17.7 Å². The summed E-state index contributed by atoms with van der Waals surface area (Å²) in [6, 6.07) is 2.75. The first-order chi connectivity index (χ1) is 7.66. The van der Waals surface area contributed by atoms with Crippen molar-refractivity contribution in [3.05, 3.63) is 23.9 Å². The van der Waals surface area contributed by atoms with Crippen LogP contribution < -0.4 is 5.32 Å². The minimum Gasteiger partial charge on any atom is -0.478 e. The molecular weight excluding hydrogens is 208 g/mol. The van der Waals surface area contributed by atoms with Gasteiger partial charge in [0.2, 0.25) is 5.91 Å². The summed E-state index contributed by atoms with van der Waals surface area (Å²) in [5, 5.41) is 11.4. The van der Waals surface area contributed by atoms with E-state index in [0.717, 1.165) is 19.3 Å². The molecule has 1 aromatic heterocycles. The maximum atomic E-state index is 11.6. The number of anilines is 1. The third-order valence-corrected chi connectivity index (χ3v) is 2.73. The van der Waals surface area contributed by atoms with Crippen molar-refractivity contribution < 1.29 is 14.7 Å². The van der Waals surface area contributed by atoms with E-state index >= 15 is 0 Å². The van der Waals surface area contributed by atoms with Gasteiger partial charge in [-0.15, -0.1) is 0 Å². The Labute approximate surface area is 92.5 Å². The second kappa shape index (κ2) is 4.30. The summed E-state index contributed by atoms with van der Waals surface area (Å²) >= 11 is 0. The number of carboxylic acids is 1. The minimum absolute atomic E-state index is 0.0651. The van der Waals surface area contributed by atoms with E-state index in [2.05, 4.69) is 10.3 Å². The van der Waals surface area contributed by atoms with Crippen molar-refractivity contribution in [3.63, 3.8) is 0 Å². The lowest BCUT2D eigenvalue weighted by atomic mass is 9.85. The van der Waals surface area contributed by atoms with E-state index in [1.54, 1.807) is 0 Å². The molecule has 1 fully saturated rings. The molecule has 0 aromatic carbocycles. The van der Waals surface area contributed by atoms with Gasteiger partial charge in [-0.1, -0.05) is 6.42 Å². The van der Waals surface area contributed by atoms with E-state index in [0.29, 0.717) is 5.82 Å². The third-order valence-electron chi connectivity index (χ3n) is 2.73. The van der Waals surface area contributed by atoms with Crippen LogP contribution >= 0.6 is 0 Å². The second-order valence-electron chi connectivity index (χ2n) is 3.85. The van der Waals surface area contributed by atoms with E-state index < -0.39 is 5.97 Å². The highest BCUT2D eigenvalue weighted by atomic mass is 16.4. The van der Waals surface area contributed by atoms with Gasteiger partial charge in [0.15, 0.2) is 0 Å². The van der Waals surface area contributed by atoms with Crippen molar-refractivity contribution in [3.8, 4) is 0 Å². The molecule has 0 unspecified atom stereocenters. The quantitative estimate of drug-likeness (QED) is 0.809. The second-order valence-corrected chi connectivity index (χ2v) is 3.85. The van der Waals surface area contributed by atoms with E-state index in [-0.39, 0.29) is 17.4 Å². The Morgan fingerprint density at radius 3 is 2.75 bits per heavy atom. The van der Waals surface area contributed by atoms with Gasteiger partial charge in [-0.25, -0.2) is 9.78 Å². The third kappa shape index (κ3) is 2.18. The van der Waals surface area contributed by atoms with Crippen molar-refractivity contribution in [1.82, 2.24) is 4.98 Å². The smallest absolute Gasteiger partial charge is 0.335 e. The number of amides is 1. The molecule has 0 atom stereocenters. The first kappa shape index (κ1) is 10.6. The van der Waals surface area contributed by atoms with Crippen molar-refractivity contribution in [2.75, 3.05) is 5.32 Å². The highest BCUT2D eigenvalue weighted by molar-refractivity contribution is 5.94. The topological polar surface area (TPSA) is 79.3 Å². The number of hydrogen-bond acceptors (Lipinski definition) is 3. The molecule has 0 radical (unpaired) electrons. The molecule has 2 rings (SSSR count). The largest absolute Gasteiger partial charge is 0.478 e. The zero-order chi connectivity index (χ0) is 11.5. The van der Waals surface area contributed by atoms with Gasteiger partial charge in [0.25, 0.3) is 0 Å². The number of aromatic carboxylic acids is 1. The average molecular weight is 220 g/mol. The number of pyridine rings is 1. The number of carboxylic acid groups (broad SMARTS) is 1. The molecule has 0 saturated heterocycles. The van der Waals surface area contributed by atoms with Gasteiger partial charge < -0.3 is 10.4 Å². The standard InChI is InChI=1S/C11H12N2O3/c14-10(7-2-1-3-7)13-9-6-8(11(15)16)4-5-12-9/h4-7H,1-3H2,(H,15,16)(H,12,13,14). The number of nitrogens with one attached hydrogen (secondary N) is 1. The lowest BCUT2D eigenvalue weighted by molar-refractivity contribution is -0.122. The van der Waals surface area contributed by atoms with Crippen LogP contribution in [-0.4, -0.2) is 22.0 Å².